The molecule has 0 radical (unpaired) electrons. The summed E-state index contributed by atoms with van der Waals surface area (Å²) < 4.78 is 0. The van der Waals surface area contributed by atoms with Gasteiger partial charge in [-0.1, -0.05) is 11.6 Å². The Kier molecular flexibility index (Phi) is 3.87. The van der Waals surface area contributed by atoms with Crippen LogP contribution in [-0.4, -0.2) is 28.2 Å². The predicted octanol–water partition coefficient (Wildman–Crippen LogP) is 1.36. The van der Waals surface area contributed by atoms with Crippen LogP contribution in [0.2, 0.25) is 5.02 Å². The first-order valence-electron chi connectivity index (χ1n) is 4.39. The summed E-state index contributed by atoms with van der Waals surface area (Å²) in [6, 6.07) is 4.35. The van der Waals surface area contributed by atoms with Crippen LogP contribution >= 0.6 is 11.6 Å². The lowest BCUT2D eigenvalue weighted by atomic mass is 10.1. The molecule has 0 amide bonds. The van der Waals surface area contributed by atoms with Gasteiger partial charge in [-0.25, -0.2) is 4.79 Å². The monoisotopic (exact) mass is 243 g/mol. The zero-order chi connectivity index (χ0) is 12.3. The van der Waals surface area contributed by atoms with Gasteiger partial charge in [0, 0.05) is 16.3 Å². The highest BCUT2D eigenvalue weighted by atomic mass is 35.5. The van der Waals surface area contributed by atoms with E-state index in [1.807, 2.05) is 0 Å². The average molecular weight is 244 g/mol. The molecule has 0 aliphatic carbocycles. The molecular weight excluding hydrogens is 234 g/mol. The molecule has 86 valence electrons. The second-order valence-corrected chi connectivity index (χ2v) is 3.57. The lowest BCUT2D eigenvalue weighted by Crippen LogP contribution is -2.29. The third-order valence-electron chi connectivity index (χ3n) is 1.89. The molecule has 1 aromatic carbocycles. The fourth-order valence-corrected chi connectivity index (χ4v) is 1.32. The van der Waals surface area contributed by atoms with Crippen molar-refractivity contribution in [3.05, 3.63) is 28.8 Å². The summed E-state index contributed by atoms with van der Waals surface area (Å²) in [5.74, 6) is -1.69. The number of hydrogen-bond acceptors (Lipinski definition) is 4. The number of benzene rings is 1. The molecule has 0 spiro atoms. The number of aliphatic carboxylic acids is 1. The molecule has 1 aromatic rings. The highest BCUT2D eigenvalue weighted by Crippen LogP contribution is 2.22. The van der Waals surface area contributed by atoms with Crippen LogP contribution in [-0.2, 0) is 4.79 Å². The van der Waals surface area contributed by atoms with E-state index in [1.165, 1.54) is 25.1 Å². The van der Waals surface area contributed by atoms with E-state index in [2.05, 4.69) is 5.32 Å². The summed E-state index contributed by atoms with van der Waals surface area (Å²) in [7, 11) is 0. The quantitative estimate of drug-likeness (QED) is 0.549. The van der Waals surface area contributed by atoms with Crippen molar-refractivity contribution in [2.75, 3.05) is 5.32 Å². The Bertz CT molecular complexity index is 433. The number of carbonyl (C=O) groups is 2. The number of carboxylic acids is 1. The number of ketones is 1. The van der Waals surface area contributed by atoms with E-state index >= 15 is 0 Å². The molecule has 0 saturated carbocycles. The van der Waals surface area contributed by atoms with Crippen molar-refractivity contribution in [3.8, 4) is 0 Å². The molecule has 3 N–H and O–H groups in total. The molecule has 1 rings (SSSR count). The Morgan fingerprint density at radius 3 is 2.56 bits per heavy atom. The molecule has 0 aliphatic rings. The Morgan fingerprint density at radius 1 is 1.44 bits per heavy atom. The van der Waals surface area contributed by atoms with Crippen LogP contribution < -0.4 is 5.32 Å². The number of halogens is 1. The Morgan fingerprint density at radius 2 is 2.06 bits per heavy atom. The van der Waals surface area contributed by atoms with Crippen molar-refractivity contribution in [1.29, 1.82) is 0 Å². The van der Waals surface area contributed by atoms with Crippen LogP contribution in [0.15, 0.2) is 18.2 Å². The number of hydrogen-bond donors (Lipinski definition) is 3. The van der Waals surface area contributed by atoms with Gasteiger partial charge in [0.05, 0.1) is 0 Å². The zero-order valence-corrected chi connectivity index (χ0v) is 9.15. The van der Waals surface area contributed by atoms with E-state index in [9.17, 15) is 9.59 Å². The summed E-state index contributed by atoms with van der Waals surface area (Å²) in [5, 5.41) is 20.2. The Balaban J connectivity index is 3.05. The van der Waals surface area contributed by atoms with Gasteiger partial charge < -0.3 is 15.5 Å². The highest BCUT2D eigenvalue weighted by Gasteiger charge is 2.16. The maximum absolute atomic E-state index is 11.2. The molecule has 0 saturated heterocycles. The number of Topliss-reactive ketones (excluding diaryl/α,β-unsaturated/α-hetero) is 1. The maximum Gasteiger partial charge on any atom is 0.353 e. The van der Waals surface area contributed by atoms with Crippen molar-refractivity contribution >= 4 is 29.0 Å². The fourth-order valence-electron chi connectivity index (χ4n) is 1.15. The Labute approximate surface area is 96.7 Å². The summed E-state index contributed by atoms with van der Waals surface area (Å²) in [4.78, 5) is 21.7. The average Bonchev–Trinajstić information content (AvgIpc) is 2.16. The zero-order valence-electron chi connectivity index (χ0n) is 8.40. The fraction of sp³-hybridized carbons (Fsp3) is 0.200. The summed E-state index contributed by atoms with van der Waals surface area (Å²) in [6.07, 6.45) is -1.78. The van der Waals surface area contributed by atoms with Crippen LogP contribution in [0.4, 0.5) is 5.69 Å². The molecular formula is C10H10ClNO4. The van der Waals surface area contributed by atoms with E-state index in [0.717, 1.165) is 0 Å². The van der Waals surface area contributed by atoms with Crippen LogP contribution in [0.1, 0.15) is 17.3 Å². The SMILES string of the molecule is CC(=O)c1ccc(Cl)cc1NC(O)C(=O)O. The van der Waals surface area contributed by atoms with Crippen molar-refractivity contribution in [2.24, 2.45) is 0 Å². The first-order valence-corrected chi connectivity index (χ1v) is 4.77. The lowest BCUT2D eigenvalue weighted by Gasteiger charge is -2.13. The number of rotatable bonds is 4. The first kappa shape index (κ1) is 12.5. The van der Waals surface area contributed by atoms with Gasteiger partial charge in [-0.15, -0.1) is 0 Å². The molecule has 1 unspecified atom stereocenters. The number of aliphatic hydroxyl groups excluding tert-OH is 1. The molecule has 0 fully saturated rings. The minimum Gasteiger partial charge on any atom is -0.478 e. The van der Waals surface area contributed by atoms with Crippen LogP contribution in [0.5, 0.6) is 0 Å². The maximum atomic E-state index is 11.2. The van der Waals surface area contributed by atoms with E-state index in [0.29, 0.717) is 5.02 Å². The molecule has 16 heavy (non-hydrogen) atoms. The smallest absolute Gasteiger partial charge is 0.353 e. The van der Waals surface area contributed by atoms with E-state index in [-0.39, 0.29) is 17.0 Å². The molecule has 0 aromatic heterocycles. The molecule has 1 atom stereocenters. The van der Waals surface area contributed by atoms with Crippen LogP contribution in [0.25, 0.3) is 0 Å². The third kappa shape index (κ3) is 2.95. The van der Waals surface area contributed by atoms with Gasteiger partial charge in [-0.3, -0.25) is 4.79 Å². The van der Waals surface area contributed by atoms with Crippen molar-refractivity contribution < 1.29 is 19.8 Å². The van der Waals surface area contributed by atoms with Gasteiger partial charge in [0.1, 0.15) is 0 Å². The van der Waals surface area contributed by atoms with E-state index in [1.54, 1.807) is 0 Å². The Hall–Kier alpha value is -1.59. The summed E-state index contributed by atoms with van der Waals surface area (Å²) in [6.45, 7) is 1.33. The second kappa shape index (κ2) is 4.96. The highest BCUT2D eigenvalue weighted by molar-refractivity contribution is 6.31. The number of carbonyl (C=O) groups excluding carboxylic acids is 1. The summed E-state index contributed by atoms with van der Waals surface area (Å²) in [5.41, 5.74) is 0.458. The van der Waals surface area contributed by atoms with E-state index in [4.69, 9.17) is 21.8 Å². The number of anilines is 1. The predicted molar refractivity (Wildman–Crippen MR) is 58.7 cm³/mol. The minimum absolute atomic E-state index is 0.190. The lowest BCUT2D eigenvalue weighted by molar-refractivity contribution is -0.145. The molecule has 0 aliphatic heterocycles. The van der Waals surface area contributed by atoms with Crippen LogP contribution in [0.3, 0.4) is 0 Å². The molecule has 6 heteroatoms. The topological polar surface area (TPSA) is 86.6 Å². The standard InChI is InChI=1S/C10H10ClNO4/c1-5(13)7-3-2-6(11)4-8(7)12-9(14)10(15)16/h2-4,9,12,14H,1H3,(H,15,16). The van der Waals surface area contributed by atoms with Crippen molar-refractivity contribution in [1.82, 2.24) is 0 Å². The van der Waals surface area contributed by atoms with Gasteiger partial charge in [0.25, 0.3) is 0 Å². The largest absolute Gasteiger partial charge is 0.478 e. The van der Waals surface area contributed by atoms with E-state index < -0.39 is 12.2 Å². The van der Waals surface area contributed by atoms with Gasteiger partial charge in [-0.2, -0.15) is 0 Å². The van der Waals surface area contributed by atoms with Crippen molar-refractivity contribution in [3.63, 3.8) is 0 Å². The molecule has 0 bridgehead atoms. The number of nitrogens with one attached hydrogen (secondary N) is 1. The normalized spacial score (nSPS) is 11.9. The van der Waals surface area contributed by atoms with Gasteiger partial charge in [0.15, 0.2) is 5.78 Å². The third-order valence-corrected chi connectivity index (χ3v) is 2.12. The first-order chi connectivity index (χ1) is 7.41. The molecule has 0 heterocycles. The number of aliphatic hydroxyl groups is 1. The summed E-state index contributed by atoms with van der Waals surface area (Å²) >= 11 is 5.70. The minimum atomic E-state index is -1.78. The van der Waals surface area contributed by atoms with Crippen molar-refractivity contribution in [2.45, 2.75) is 13.2 Å². The second-order valence-electron chi connectivity index (χ2n) is 3.13. The number of carboxylic acid groups (broad SMARTS) is 1. The molecule has 5 nitrogen and oxygen atoms in total. The van der Waals surface area contributed by atoms with Gasteiger partial charge >= 0.3 is 5.97 Å². The van der Waals surface area contributed by atoms with Gasteiger partial charge in [-0.05, 0) is 25.1 Å². The van der Waals surface area contributed by atoms with Gasteiger partial charge in [0.2, 0.25) is 6.23 Å². The van der Waals surface area contributed by atoms with Crippen LogP contribution in [0, 0.1) is 0 Å².